The van der Waals surface area contributed by atoms with Gasteiger partial charge in [0.05, 0.1) is 0 Å². The van der Waals surface area contributed by atoms with Crippen molar-refractivity contribution >= 4 is 6.29 Å². The maximum Gasteiger partial charge on any atom is 0.116 e. The molecule has 0 aromatic rings. The molecule has 0 saturated heterocycles. The molecule has 0 fully saturated rings. The summed E-state index contributed by atoms with van der Waals surface area (Å²) in [6, 6.07) is 0. The largest absolute Gasteiger partial charge is 0.304 e. The molecule has 0 heterocycles. The Bertz CT molecular complexity index is 13.5. The number of carbonyl (C=O) groups excluding carboxylic acids is 1. The van der Waals surface area contributed by atoms with E-state index in [1.165, 1.54) is 6.92 Å². The quantitative estimate of drug-likeness (QED) is 0.356. The number of aldehydes is 1. The van der Waals surface area contributed by atoms with E-state index in [-0.39, 0.29) is 20.4 Å². The van der Waals surface area contributed by atoms with Crippen LogP contribution in [0.25, 0.3) is 0 Å². The summed E-state index contributed by atoms with van der Waals surface area (Å²) >= 11 is 0. The Morgan fingerprint density at radius 3 is 1.75 bits per heavy atom. The van der Waals surface area contributed by atoms with Crippen LogP contribution in [0.5, 0.6) is 0 Å². The van der Waals surface area contributed by atoms with Crippen LogP contribution in [0.1, 0.15) is 6.92 Å². The van der Waals surface area contributed by atoms with Crippen LogP contribution in [0.4, 0.5) is 0 Å². The van der Waals surface area contributed by atoms with Crippen molar-refractivity contribution in [3.63, 3.8) is 0 Å². The molecule has 0 atom stereocenters. The van der Waals surface area contributed by atoms with Crippen LogP contribution in [0.3, 0.4) is 0 Å². The number of rotatable bonds is 0. The predicted molar refractivity (Wildman–Crippen MR) is 11.7 cm³/mol. The minimum atomic E-state index is 0. The van der Waals surface area contributed by atoms with Gasteiger partial charge in [-0.3, -0.25) is 0 Å². The van der Waals surface area contributed by atoms with E-state index in [9.17, 15) is 0 Å². The van der Waals surface area contributed by atoms with Crippen LogP contribution in [0.15, 0.2) is 0 Å². The van der Waals surface area contributed by atoms with Crippen LogP contribution in [-0.2, 0) is 25.2 Å². The Kier molecular flexibility index (Phi) is 22.6. The molecule has 0 aliphatic rings. The molecule has 0 saturated carbocycles. The van der Waals surface area contributed by atoms with Gasteiger partial charge in [0.25, 0.3) is 0 Å². The van der Waals surface area contributed by atoms with Gasteiger partial charge in [-0.1, -0.05) is 0 Å². The molecule has 0 aromatic carbocycles. The number of hydrogen-bond acceptors (Lipinski definition) is 1. The second-order valence-electron chi connectivity index (χ2n) is 0.236. The third-order valence-corrected chi connectivity index (χ3v) is 0. The SMILES string of the molecule is CC=O.[Pd]. The normalized spacial score (nSPS) is 3.25. The summed E-state index contributed by atoms with van der Waals surface area (Å²) in [5, 5.41) is 0. The van der Waals surface area contributed by atoms with E-state index in [0.717, 1.165) is 6.29 Å². The van der Waals surface area contributed by atoms with Gasteiger partial charge in [-0.15, -0.1) is 0 Å². The molecule has 4 heavy (non-hydrogen) atoms. The predicted octanol–water partition coefficient (Wildman–Crippen LogP) is 0.203. The Morgan fingerprint density at radius 2 is 1.75 bits per heavy atom. The summed E-state index contributed by atoms with van der Waals surface area (Å²) in [6.45, 7) is 1.44. The van der Waals surface area contributed by atoms with Gasteiger partial charge in [-0.05, 0) is 6.92 Å². The van der Waals surface area contributed by atoms with E-state index in [2.05, 4.69) is 0 Å². The molecule has 0 N–H and O–H groups in total. The molecule has 0 bridgehead atoms. The van der Waals surface area contributed by atoms with Crippen LogP contribution >= 0.6 is 0 Å². The maximum atomic E-state index is 8.81. The first-order chi connectivity index (χ1) is 1.41. The van der Waals surface area contributed by atoms with Crippen LogP contribution < -0.4 is 0 Å². The second-order valence-corrected chi connectivity index (χ2v) is 0.236. The molecule has 0 rings (SSSR count). The van der Waals surface area contributed by atoms with Crippen molar-refractivity contribution in [2.45, 2.75) is 6.92 Å². The number of carbonyl (C=O) groups is 1. The molecule has 0 aliphatic heterocycles. The smallest absolute Gasteiger partial charge is 0.116 e. The topological polar surface area (TPSA) is 17.1 Å². The molecular formula is C2H4OPd. The fourth-order valence-corrected chi connectivity index (χ4v) is 0. The van der Waals surface area contributed by atoms with Gasteiger partial charge in [0, 0.05) is 20.4 Å². The Hall–Kier alpha value is 0.332. The van der Waals surface area contributed by atoms with Gasteiger partial charge in [0.2, 0.25) is 0 Å². The average molecular weight is 150 g/mol. The molecule has 0 unspecified atom stereocenters. The van der Waals surface area contributed by atoms with Crippen molar-refractivity contribution in [2.24, 2.45) is 0 Å². The molecule has 0 spiro atoms. The van der Waals surface area contributed by atoms with Crippen molar-refractivity contribution in [3.05, 3.63) is 0 Å². The van der Waals surface area contributed by atoms with E-state index >= 15 is 0 Å². The monoisotopic (exact) mass is 150 g/mol. The fourth-order valence-electron chi connectivity index (χ4n) is 0. The average Bonchev–Trinajstić information content (AvgIpc) is 0.918. The number of hydrogen-bond donors (Lipinski definition) is 0. The molecule has 1 nitrogen and oxygen atoms in total. The van der Waals surface area contributed by atoms with Gasteiger partial charge in [0.1, 0.15) is 6.29 Å². The third kappa shape index (κ3) is 37.5. The first-order valence-corrected chi connectivity index (χ1v) is 0.813. The second kappa shape index (κ2) is 10.2. The zero-order valence-electron chi connectivity index (χ0n) is 2.30. The van der Waals surface area contributed by atoms with Gasteiger partial charge in [-0.2, -0.15) is 0 Å². The molecule has 2 heteroatoms. The van der Waals surface area contributed by atoms with Crippen molar-refractivity contribution in [3.8, 4) is 0 Å². The molecule has 0 radical (unpaired) electrons. The molecule has 0 aromatic heterocycles. The van der Waals surface area contributed by atoms with Crippen LogP contribution in [0, 0.1) is 0 Å². The van der Waals surface area contributed by atoms with Gasteiger partial charge in [0.15, 0.2) is 0 Å². The zero-order chi connectivity index (χ0) is 2.71. The van der Waals surface area contributed by atoms with Crippen molar-refractivity contribution in [1.82, 2.24) is 0 Å². The summed E-state index contributed by atoms with van der Waals surface area (Å²) < 4.78 is 0. The van der Waals surface area contributed by atoms with E-state index in [0.29, 0.717) is 0 Å². The first kappa shape index (κ1) is 8.84. The van der Waals surface area contributed by atoms with E-state index < -0.39 is 0 Å². The van der Waals surface area contributed by atoms with E-state index in [1.807, 2.05) is 0 Å². The van der Waals surface area contributed by atoms with Crippen LogP contribution in [0.2, 0.25) is 0 Å². The van der Waals surface area contributed by atoms with Crippen molar-refractivity contribution < 1.29 is 25.2 Å². The zero-order valence-corrected chi connectivity index (χ0v) is 3.86. The standard InChI is InChI=1S/C2H4O.Pd/c1-2-3;/h2H,1H3;. The summed E-state index contributed by atoms with van der Waals surface area (Å²) in [6.07, 6.45) is 0.750. The molecule has 28 valence electrons. The minimum absolute atomic E-state index is 0. The molecular weight excluding hydrogens is 146 g/mol. The Balaban J connectivity index is 0. The van der Waals surface area contributed by atoms with Crippen LogP contribution in [-0.4, -0.2) is 6.29 Å². The summed E-state index contributed by atoms with van der Waals surface area (Å²) in [5.74, 6) is 0. The maximum absolute atomic E-state index is 8.81. The third-order valence-electron chi connectivity index (χ3n) is 0. The Morgan fingerprint density at radius 1 is 1.75 bits per heavy atom. The van der Waals surface area contributed by atoms with E-state index in [1.54, 1.807) is 0 Å². The molecule has 0 aliphatic carbocycles. The van der Waals surface area contributed by atoms with Gasteiger partial charge in [-0.25, -0.2) is 0 Å². The van der Waals surface area contributed by atoms with E-state index in [4.69, 9.17) is 4.79 Å². The van der Waals surface area contributed by atoms with Crippen molar-refractivity contribution in [2.75, 3.05) is 0 Å². The van der Waals surface area contributed by atoms with Gasteiger partial charge < -0.3 is 4.79 Å². The molecule has 0 amide bonds. The first-order valence-electron chi connectivity index (χ1n) is 0.813. The fraction of sp³-hybridized carbons (Fsp3) is 0.500. The summed E-state index contributed by atoms with van der Waals surface area (Å²) in [5.41, 5.74) is 0. The Labute approximate surface area is 39.0 Å². The summed E-state index contributed by atoms with van der Waals surface area (Å²) in [4.78, 5) is 8.81. The summed E-state index contributed by atoms with van der Waals surface area (Å²) in [7, 11) is 0. The van der Waals surface area contributed by atoms with Crippen molar-refractivity contribution in [1.29, 1.82) is 0 Å². The minimum Gasteiger partial charge on any atom is -0.304 e. The van der Waals surface area contributed by atoms with Gasteiger partial charge >= 0.3 is 0 Å².